The van der Waals surface area contributed by atoms with E-state index < -0.39 is 15.7 Å². The van der Waals surface area contributed by atoms with E-state index in [-0.39, 0.29) is 5.82 Å². The van der Waals surface area contributed by atoms with Crippen LogP contribution in [0.1, 0.15) is 0 Å². The number of hydrogen-bond donors (Lipinski definition) is 0. The van der Waals surface area contributed by atoms with Crippen molar-refractivity contribution in [3.8, 4) is 0 Å². The predicted octanol–water partition coefficient (Wildman–Crippen LogP) is 0.501. The van der Waals surface area contributed by atoms with Crippen molar-refractivity contribution in [3.05, 3.63) is 30.1 Å². The van der Waals surface area contributed by atoms with Gasteiger partial charge in [0, 0.05) is 0 Å². The van der Waals surface area contributed by atoms with Crippen molar-refractivity contribution in [1.29, 1.82) is 0 Å². The van der Waals surface area contributed by atoms with Gasteiger partial charge in [-0.1, -0.05) is 0 Å². The first-order chi connectivity index (χ1) is 4.33. The Kier molecular flexibility index (Phi) is 2.12. The summed E-state index contributed by atoms with van der Waals surface area (Å²) in [5.41, 5.74) is 0. The van der Waals surface area contributed by atoms with Crippen molar-refractivity contribution in [2.24, 2.45) is 0 Å². The molecule has 46 valence electrons. The van der Waals surface area contributed by atoms with Gasteiger partial charge in [0.15, 0.2) is 0 Å². The fourth-order valence-corrected chi connectivity index (χ4v) is 1.07. The van der Waals surface area contributed by atoms with Crippen molar-refractivity contribution in [2.45, 2.75) is 0 Å². The van der Waals surface area contributed by atoms with Crippen molar-refractivity contribution < 1.29 is 8.13 Å². The van der Waals surface area contributed by atoms with Gasteiger partial charge in [-0.3, -0.25) is 0 Å². The minimum atomic E-state index is -0.996. The summed E-state index contributed by atoms with van der Waals surface area (Å²) < 4.78 is 23.1. The SMILES string of the molecule is O=[As]c1ccc(F)cc1. The molecule has 0 aliphatic rings. The topological polar surface area (TPSA) is 17.1 Å². The van der Waals surface area contributed by atoms with Gasteiger partial charge in [-0.25, -0.2) is 0 Å². The molecule has 1 aromatic rings. The van der Waals surface area contributed by atoms with Gasteiger partial charge in [0.05, 0.1) is 0 Å². The maximum atomic E-state index is 12.1. The summed E-state index contributed by atoms with van der Waals surface area (Å²) in [6.45, 7) is 0. The fourth-order valence-electron chi connectivity index (χ4n) is 0.502. The molecule has 0 atom stereocenters. The molecule has 9 heavy (non-hydrogen) atoms. The Morgan fingerprint density at radius 1 is 1.22 bits per heavy atom. The van der Waals surface area contributed by atoms with Crippen LogP contribution in [0.5, 0.6) is 0 Å². The molecule has 0 unspecified atom stereocenters. The van der Waals surface area contributed by atoms with Crippen molar-refractivity contribution >= 4 is 20.0 Å². The molecule has 0 radical (unpaired) electrons. The van der Waals surface area contributed by atoms with E-state index in [1.54, 1.807) is 0 Å². The average Bonchev–Trinajstić information content (AvgIpc) is 1.90. The van der Waals surface area contributed by atoms with Crippen molar-refractivity contribution in [3.63, 3.8) is 0 Å². The van der Waals surface area contributed by atoms with Crippen LogP contribution in [0.2, 0.25) is 0 Å². The van der Waals surface area contributed by atoms with E-state index in [9.17, 15) is 8.13 Å². The quantitative estimate of drug-likeness (QED) is 0.583. The van der Waals surface area contributed by atoms with Gasteiger partial charge in [-0.15, -0.1) is 0 Å². The molecule has 0 N–H and O–H groups in total. The van der Waals surface area contributed by atoms with Crippen LogP contribution in [0.25, 0.3) is 0 Å². The predicted molar refractivity (Wildman–Crippen MR) is 32.5 cm³/mol. The number of hydrogen-bond acceptors (Lipinski definition) is 1. The van der Waals surface area contributed by atoms with E-state index in [1.165, 1.54) is 24.3 Å². The molecular formula is C6H4AsFO. The molecule has 0 aliphatic heterocycles. The van der Waals surface area contributed by atoms with Crippen LogP contribution in [0.15, 0.2) is 24.3 Å². The first-order valence-corrected chi connectivity index (χ1v) is 4.12. The Hall–Kier alpha value is -0.492. The van der Waals surface area contributed by atoms with Gasteiger partial charge < -0.3 is 0 Å². The maximum absolute atomic E-state index is 12.1. The molecule has 0 heterocycles. The second-order valence-electron chi connectivity index (χ2n) is 1.57. The summed E-state index contributed by atoms with van der Waals surface area (Å²) in [4.78, 5) is 0. The number of rotatable bonds is 1. The molecule has 0 saturated heterocycles. The summed E-state index contributed by atoms with van der Waals surface area (Å²) in [5.74, 6) is -0.284. The Labute approximate surface area is 58.8 Å². The first kappa shape index (κ1) is 6.63. The zero-order valence-corrected chi connectivity index (χ0v) is 6.42. The van der Waals surface area contributed by atoms with Crippen LogP contribution in [-0.4, -0.2) is 15.7 Å². The minimum absolute atomic E-state index is 0.284. The number of benzene rings is 1. The summed E-state index contributed by atoms with van der Waals surface area (Å²) in [5, 5.41) is 0. The van der Waals surface area contributed by atoms with E-state index in [2.05, 4.69) is 0 Å². The van der Waals surface area contributed by atoms with Gasteiger partial charge >= 0.3 is 58.3 Å². The number of halogens is 1. The van der Waals surface area contributed by atoms with Gasteiger partial charge in [0.2, 0.25) is 0 Å². The summed E-state index contributed by atoms with van der Waals surface area (Å²) in [6, 6.07) is 5.68. The first-order valence-electron chi connectivity index (χ1n) is 2.42. The van der Waals surface area contributed by atoms with Crippen LogP contribution >= 0.6 is 0 Å². The Morgan fingerprint density at radius 3 is 2.22 bits per heavy atom. The molecule has 0 fully saturated rings. The second-order valence-corrected chi connectivity index (χ2v) is 3.03. The third-order valence-electron chi connectivity index (χ3n) is 0.932. The molecule has 1 aromatic carbocycles. The van der Waals surface area contributed by atoms with Gasteiger partial charge in [-0.05, 0) is 0 Å². The molecule has 0 amide bonds. The van der Waals surface area contributed by atoms with Crippen LogP contribution in [-0.2, 0) is 3.74 Å². The van der Waals surface area contributed by atoms with Gasteiger partial charge in [0.1, 0.15) is 0 Å². The molecule has 0 bridgehead atoms. The third-order valence-corrected chi connectivity index (χ3v) is 2.00. The summed E-state index contributed by atoms with van der Waals surface area (Å²) >= 11 is -0.996. The second kappa shape index (κ2) is 2.88. The monoisotopic (exact) mass is 186 g/mol. The van der Waals surface area contributed by atoms with E-state index in [0.29, 0.717) is 4.35 Å². The zero-order valence-electron chi connectivity index (χ0n) is 4.54. The standard InChI is InChI=1S/C6H4AsFO/c8-6-3-1-5(7-9)2-4-6/h1-4H. The van der Waals surface area contributed by atoms with Crippen molar-refractivity contribution in [1.82, 2.24) is 0 Å². The molecule has 0 aliphatic carbocycles. The summed E-state index contributed by atoms with van der Waals surface area (Å²) in [7, 11) is 0. The molecule has 0 aromatic heterocycles. The van der Waals surface area contributed by atoms with E-state index >= 15 is 0 Å². The average molecular weight is 186 g/mol. The molecular weight excluding hydrogens is 182 g/mol. The van der Waals surface area contributed by atoms with Crippen LogP contribution in [0.4, 0.5) is 4.39 Å². The van der Waals surface area contributed by atoms with E-state index in [4.69, 9.17) is 0 Å². The van der Waals surface area contributed by atoms with Gasteiger partial charge in [-0.2, -0.15) is 0 Å². The third kappa shape index (κ3) is 1.72. The van der Waals surface area contributed by atoms with Crippen LogP contribution in [0, 0.1) is 5.82 Å². The van der Waals surface area contributed by atoms with Gasteiger partial charge in [0.25, 0.3) is 0 Å². The molecule has 1 nitrogen and oxygen atoms in total. The fraction of sp³-hybridized carbons (Fsp3) is 0. The van der Waals surface area contributed by atoms with E-state index in [1.807, 2.05) is 0 Å². The molecule has 1 rings (SSSR count). The Bertz CT molecular complexity index is 207. The molecule has 0 saturated carbocycles. The van der Waals surface area contributed by atoms with Crippen LogP contribution < -0.4 is 4.35 Å². The zero-order chi connectivity index (χ0) is 6.69. The van der Waals surface area contributed by atoms with E-state index in [0.717, 1.165) is 0 Å². The summed E-state index contributed by atoms with van der Waals surface area (Å²) in [6.07, 6.45) is 0. The Morgan fingerprint density at radius 2 is 1.78 bits per heavy atom. The van der Waals surface area contributed by atoms with Crippen molar-refractivity contribution in [2.75, 3.05) is 0 Å². The Balaban J connectivity index is 3.01. The van der Waals surface area contributed by atoms with Crippen LogP contribution in [0.3, 0.4) is 0 Å². The molecule has 3 heteroatoms. The molecule has 0 spiro atoms. The normalized spacial score (nSPS) is 9.89.